The molecule has 14 heteroatoms. The Kier molecular flexibility index (Phi) is 21.5. The SMILES string of the molecule is CCCCCCCCCC(CCCCCCCCC)COC(=O)[C@H](Cc1ccccc1)NP(=O)(OC[C@](C)(CCn1cnc2c(N)nc(F)nc21)OC)Oc1ccccc1. The molecule has 0 saturated carbocycles. The number of hydrogen-bond donors (Lipinski definition) is 2. The summed E-state index contributed by atoms with van der Waals surface area (Å²) in [4.78, 5) is 25.9. The Bertz CT molecular complexity index is 1840. The number of rotatable bonds is 32. The highest BCUT2D eigenvalue weighted by Crippen LogP contribution is 2.46. The number of imidazole rings is 1. The number of methoxy groups -OCH3 is 1. The highest BCUT2D eigenvalue weighted by molar-refractivity contribution is 7.52. The molecule has 0 bridgehead atoms. The van der Waals surface area contributed by atoms with E-state index in [4.69, 9.17) is 24.3 Å². The molecule has 0 aliphatic heterocycles. The third kappa shape index (κ3) is 17.2. The summed E-state index contributed by atoms with van der Waals surface area (Å²) in [5.74, 6) is -0.0263. The van der Waals surface area contributed by atoms with E-state index in [1.165, 1.54) is 90.5 Å². The smallest absolute Gasteiger partial charge is 0.459 e. The second-order valence-electron chi connectivity index (χ2n) is 16.3. The number of hydrogen-bond acceptors (Lipinski definition) is 10. The Labute approximate surface area is 357 Å². The molecular formula is C46H70FN6O6P. The van der Waals surface area contributed by atoms with Crippen molar-refractivity contribution in [1.29, 1.82) is 0 Å². The third-order valence-corrected chi connectivity index (χ3v) is 12.7. The van der Waals surface area contributed by atoms with Crippen molar-refractivity contribution in [1.82, 2.24) is 24.6 Å². The lowest BCUT2D eigenvalue weighted by atomic mass is 9.94. The van der Waals surface area contributed by atoms with Crippen LogP contribution in [-0.2, 0) is 36.3 Å². The van der Waals surface area contributed by atoms with Gasteiger partial charge in [-0.05, 0) is 56.2 Å². The predicted molar refractivity (Wildman–Crippen MR) is 237 cm³/mol. The Balaban J connectivity index is 1.48. The Morgan fingerprint density at radius 1 is 0.867 bits per heavy atom. The van der Waals surface area contributed by atoms with Crippen LogP contribution in [0.1, 0.15) is 135 Å². The molecule has 0 aliphatic carbocycles. The molecule has 2 heterocycles. The molecule has 0 radical (unpaired) electrons. The van der Waals surface area contributed by atoms with Gasteiger partial charge < -0.3 is 24.3 Å². The van der Waals surface area contributed by atoms with Gasteiger partial charge in [-0.2, -0.15) is 19.4 Å². The van der Waals surface area contributed by atoms with Crippen molar-refractivity contribution in [3.05, 3.63) is 78.6 Å². The summed E-state index contributed by atoms with van der Waals surface area (Å²) in [6, 6.07) is 17.2. The highest BCUT2D eigenvalue weighted by Gasteiger charge is 2.38. The number of nitrogens with one attached hydrogen (secondary N) is 1. The van der Waals surface area contributed by atoms with Gasteiger partial charge in [0.2, 0.25) is 0 Å². The third-order valence-electron chi connectivity index (χ3n) is 11.1. The Hall–Kier alpha value is -3.90. The molecule has 2 aromatic heterocycles. The van der Waals surface area contributed by atoms with E-state index in [0.717, 1.165) is 31.2 Å². The fourth-order valence-electron chi connectivity index (χ4n) is 7.24. The minimum atomic E-state index is -4.29. The standard InChI is InChI=1S/C46H70FN6O6P/c1-5-7-9-11-13-15-19-27-38(28-20-16-14-12-10-8-6-2)34-57-44(54)40(33-37-25-21-17-22-26-37)52-60(55,59-39-29-23-18-24-30-39)58-35-46(3,56-4)31-32-53-36-49-41-42(48)50-45(47)51-43(41)53/h17-18,21-26,29-30,36,38,40H,5-16,19-20,27-28,31-35H2,1-4H3,(H,52,55)(H2,48,50,51)/t40-,46-,60?/m0/s1. The topological polar surface area (TPSA) is 153 Å². The van der Waals surface area contributed by atoms with E-state index in [2.05, 4.69) is 33.9 Å². The monoisotopic (exact) mass is 853 g/mol. The molecule has 1 unspecified atom stereocenters. The zero-order valence-electron chi connectivity index (χ0n) is 36.5. The number of carbonyl (C=O) groups is 1. The summed E-state index contributed by atoms with van der Waals surface area (Å²) >= 11 is 0. The van der Waals surface area contributed by atoms with E-state index in [1.54, 1.807) is 35.8 Å². The van der Waals surface area contributed by atoms with Crippen LogP contribution in [-0.4, -0.2) is 57.5 Å². The van der Waals surface area contributed by atoms with E-state index < -0.39 is 31.4 Å². The Morgan fingerprint density at radius 3 is 2.05 bits per heavy atom. The molecular weight excluding hydrogens is 783 g/mol. The number of benzene rings is 2. The average molecular weight is 853 g/mol. The van der Waals surface area contributed by atoms with Crippen molar-refractivity contribution in [2.45, 2.75) is 155 Å². The van der Waals surface area contributed by atoms with E-state index in [-0.39, 0.29) is 35.9 Å². The largest absolute Gasteiger partial charge is 0.464 e. The molecule has 2 aromatic carbocycles. The molecule has 4 aromatic rings. The molecule has 0 fully saturated rings. The summed E-state index contributed by atoms with van der Waals surface area (Å²) in [6.07, 6.45) is 20.3. The molecule has 332 valence electrons. The first-order valence-electron chi connectivity index (χ1n) is 22.2. The number of nitrogens with zero attached hydrogens (tertiary/aromatic N) is 4. The number of aryl methyl sites for hydroxylation is 1. The lowest BCUT2D eigenvalue weighted by molar-refractivity contribution is -0.147. The average Bonchev–Trinajstić information content (AvgIpc) is 3.66. The number of nitrogens with two attached hydrogens (primary N) is 1. The van der Waals surface area contributed by atoms with Gasteiger partial charge in [0, 0.05) is 13.7 Å². The minimum absolute atomic E-state index is 0.0559. The number of ether oxygens (including phenoxy) is 2. The van der Waals surface area contributed by atoms with Gasteiger partial charge in [-0.15, -0.1) is 0 Å². The van der Waals surface area contributed by atoms with Crippen LogP contribution in [0, 0.1) is 12.0 Å². The van der Waals surface area contributed by atoms with Crippen molar-refractivity contribution in [3.8, 4) is 5.75 Å². The van der Waals surface area contributed by atoms with Gasteiger partial charge in [0.15, 0.2) is 11.5 Å². The molecule has 0 amide bonds. The molecule has 12 nitrogen and oxygen atoms in total. The first-order valence-corrected chi connectivity index (χ1v) is 23.8. The van der Waals surface area contributed by atoms with Crippen molar-refractivity contribution in [2.24, 2.45) is 5.92 Å². The van der Waals surface area contributed by atoms with Crippen LogP contribution < -0.4 is 15.3 Å². The summed E-state index contributed by atoms with van der Waals surface area (Å²) in [7, 11) is -2.76. The number of esters is 1. The van der Waals surface area contributed by atoms with E-state index in [1.807, 2.05) is 36.4 Å². The second kappa shape index (κ2) is 26.4. The van der Waals surface area contributed by atoms with Gasteiger partial charge in [-0.1, -0.05) is 152 Å². The maximum atomic E-state index is 14.9. The van der Waals surface area contributed by atoms with E-state index >= 15 is 0 Å². The van der Waals surface area contributed by atoms with Crippen molar-refractivity contribution in [3.63, 3.8) is 0 Å². The lowest BCUT2D eigenvalue weighted by Gasteiger charge is -2.31. The first-order chi connectivity index (χ1) is 29.1. The van der Waals surface area contributed by atoms with Crippen LogP contribution in [0.4, 0.5) is 10.2 Å². The predicted octanol–water partition coefficient (Wildman–Crippen LogP) is 11.2. The first kappa shape index (κ1) is 48.8. The lowest BCUT2D eigenvalue weighted by Crippen LogP contribution is -2.41. The highest BCUT2D eigenvalue weighted by atomic mass is 31.2. The zero-order chi connectivity index (χ0) is 43.1. The second-order valence-corrected chi connectivity index (χ2v) is 17.9. The van der Waals surface area contributed by atoms with Gasteiger partial charge in [-0.3, -0.25) is 9.32 Å². The zero-order valence-corrected chi connectivity index (χ0v) is 37.4. The number of para-hydroxylation sites is 1. The van der Waals surface area contributed by atoms with Crippen molar-refractivity contribution < 1.29 is 32.3 Å². The fraction of sp³-hybridized carbons (Fsp3) is 0.609. The maximum absolute atomic E-state index is 14.9. The van der Waals surface area contributed by atoms with Gasteiger partial charge in [0.1, 0.15) is 17.3 Å². The summed E-state index contributed by atoms with van der Waals surface area (Å²) in [6.45, 7) is 6.68. The number of anilines is 1. The maximum Gasteiger partial charge on any atom is 0.459 e. The van der Waals surface area contributed by atoms with Crippen LogP contribution in [0.25, 0.3) is 11.2 Å². The van der Waals surface area contributed by atoms with Crippen LogP contribution in [0.3, 0.4) is 0 Å². The van der Waals surface area contributed by atoms with Crippen LogP contribution in [0.2, 0.25) is 0 Å². The quantitative estimate of drug-likeness (QED) is 0.0209. The fourth-order valence-corrected chi connectivity index (χ4v) is 8.84. The van der Waals surface area contributed by atoms with Crippen molar-refractivity contribution in [2.75, 3.05) is 26.1 Å². The summed E-state index contributed by atoms with van der Waals surface area (Å²) in [5.41, 5.74) is 6.24. The number of nitrogen functional groups attached to an aromatic ring is 1. The molecule has 4 rings (SSSR count). The van der Waals surface area contributed by atoms with E-state index in [9.17, 15) is 13.8 Å². The number of halogens is 1. The molecule has 3 N–H and O–H groups in total. The van der Waals surface area contributed by atoms with Crippen LogP contribution in [0.5, 0.6) is 5.75 Å². The molecule has 0 aliphatic rings. The molecule has 3 atom stereocenters. The number of fused-ring (bicyclic) bond motifs is 1. The van der Waals surface area contributed by atoms with E-state index in [0.29, 0.717) is 25.3 Å². The van der Waals surface area contributed by atoms with Gasteiger partial charge in [0.25, 0.3) is 0 Å². The number of unbranched alkanes of at least 4 members (excludes halogenated alkanes) is 12. The number of carbonyl (C=O) groups excluding carboxylic acids is 1. The Morgan fingerprint density at radius 2 is 1.45 bits per heavy atom. The van der Waals surface area contributed by atoms with Crippen LogP contribution >= 0.6 is 7.75 Å². The van der Waals surface area contributed by atoms with Gasteiger partial charge >= 0.3 is 19.8 Å². The van der Waals surface area contributed by atoms with Crippen molar-refractivity contribution >= 4 is 30.7 Å². The normalized spacial score (nSPS) is 14.2. The molecule has 0 spiro atoms. The molecule has 0 saturated heterocycles. The van der Waals surface area contributed by atoms with Gasteiger partial charge in [0.05, 0.1) is 25.1 Å². The molecule has 60 heavy (non-hydrogen) atoms. The summed E-state index contributed by atoms with van der Waals surface area (Å²) in [5, 5.41) is 3.00. The summed E-state index contributed by atoms with van der Waals surface area (Å²) < 4.78 is 54.9. The van der Waals surface area contributed by atoms with Crippen LogP contribution in [0.15, 0.2) is 67.0 Å². The number of aromatic nitrogens is 4. The van der Waals surface area contributed by atoms with Gasteiger partial charge in [-0.25, -0.2) is 9.55 Å². The minimum Gasteiger partial charge on any atom is -0.464 e.